The Labute approximate surface area is 126 Å². The van der Waals surface area contributed by atoms with Gasteiger partial charge in [-0.05, 0) is 38.1 Å². The lowest BCUT2D eigenvalue weighted by Crippen LogP contribution is -2.50. The minimum Gasteiger partial charge on any atom is -0.497 e. The molecule has 20 heavy (non-hydrogen) atoms. The van der Waals surface area contributed by atoms with Gasteiger partial charge in [-0.15, -0.1) is 12.4 Å². The Kier molecular flexibility index (Phi) is 6.30. The van der Waals surface area contributed by atoms with Gasteiger partial charge in [0, 0.05) is 24.2 Å². The highest BCUT2D eigenvalue weighted by atomic mass is 35.5. The number of amides is 1. The van der Waals surface area contributed by atoms with Crippen LogP contribution in [0.25, 0.3) is 0 Å². The number of rotatable bonds is 5. The first kappa shape index (κ1) is 16.8. The molecule has 2 rings (SSSR count). The largest absolute Gasteiger partial charge is 0.497 e. The number of hydrogen-bond acceptors (Lipinski definition) is 3. The highest BCUT2D eigenvalue weighted by Crippen LogP contribution is 2.25. The van der Waals surface area contributed by atoms with Crippen molar-refractivity contribution in [1.82, 2.24) is 5.32 Å². The van der Waals surface area contributed by atoms with Crippen LogP contribution in [0.3, 0.4) is 0 Å². The maximum atomic E-state index is 12.6. The van der Waals surface area contributed by atoms with E-state index in [-0.39, 0.29) is 24.2 Å². The van der Waals surface area contributed by atoms with Crippen molar-refractivity contribution in [2.24, 2.45) is 11.8 Å². The van der Waals surface area contributed by atoms with Crippen molar-refractivity contribution in [3.8, 4) is 5.75 Å². The van der Waals surface area contributed by atoms with E-state index >= 15 is 0 Å². The Hall–Kier alpha value is -1.26. The molecule has 1 fully saturated rings. The van der Waals surface area contributed by atoms with E-state index in [4.69, 9.17) is 4.74 Å². The molecule has 0 aromatic heterocycles. The molecule has 1 heterocycles. The molecule has 1 aliphatic heterocycles. The monoisotopic (exact) mass is 298 g/mol. The van der Waals surface area contributed by atoms with E-state index in [2.05, 4.69) is 5.32 Å². The number of methoxy groups -OCH3 is 1. The number of nitrogens with zero attached hydrogens (tertiary/aromatic N) is 1. The van der Waals surface area contributed by atoms with Gasteiger partial charge in [0.2, 0.25) is 5.91 Å². The molecule has 0 radical (unpaired) electrons. The highest BCUT2D eigenvalue weighted by Gasteiger charge is 2.31. The average molecular weight is 299 g/mol. The van der Waals surface area contributed by atoms with Gasteiger partial charge in [0.05, 0.1) is 7.11 Å². The van der Waals surface area contributed by atoms with Crippen molar-refractivity contribution in [2.45, 2.75) is 13.8 Å². The van der Waals surface area contributed by atoms with Crippen LogP contribution in [0, 0.1) is 11.8 Å². The number of benzene rings is 1. The Morgan fingerprint density at radius 2 is 2.20 bits per heavy atom. The standard InChI is InChI=1S/C15H22N2O2.ClH/c1-4-17(13-6-5-7-14(8-13)19-3)15(18)11(2)12-9-16-10-12;/h5-8,11-12,16H,4,9-10H2,1-3H3;1H. The summed E-state index contributed by atoms with van der Waals surface area (Å²) in [6, 6.07) is 7.67. The normalized spacial score (nSPS) is 15.8. The predicted molar refractivity (Wildman–Crippen MR) is 83.8 cm³/mol. The molecular formula is C15H23ClN2O2. The number of carbonyl (C=O) groups excluding carboxylic acids is 1. The maximum absolute atomic E-state index is 12.6. The maximum Gasteiger partial charge on any atom is 0.230 e. The summed E-state index contributed by atoms with van der Waals surface area (Å²) in [5.74, 6) is 1.50. The molecule has 1 amide bonds. The first-order chi connectivity index (χ1) is 9.17. The minimum atomic E-state index is 0. The van der Waals surface area contributed by atoms with Crippen LogP contribution < -0.4 is 15.0 Å². The second-order valence-electron chi connectivity index (χ2n) is 4.99. The van der Waals surface area contributed by atoms with Gasteiger partial charge in [-0.3, -0.25) is 4.79 Å². The molecule has 0 aliphatic carbocycles. The van der Waals surface area contributed by atoms with Crippen molar-refractivity contribution in [2.75, 3.05) is 31.6 Å². The summed E-state index contributed by atoms with van der Waals surface area (Å²) in [5, 5.41) is 3.22. The molecule has 0 bridgehead atoms. The predicted octanol–water partition coefficient (Wildman–Crippen LogP) is 2.33. The van der Waals surface area contributed by atoms with Crippen LogP contribution in [0.2, 0.25) is 0 Å². The van der Waals surface area contributed by atoms with Gasteiger partial charge >= 0.3 is 0 Å². The highest BCUT2D eigenvalue weighted by molar-refractivity contribution is 5.95. The van der Waals surface area contributed by atoms with Gasteiger partial charge in [-0.1, -0.05) is 13.0 Å². The number of halogens is 1. The lowest BCUT2D eigenvalue weighted by Gasteiger charge is -2.34. The zero-order chi connectivity index (χ0) is 13.8. The Bertz CT molecular complexity index is 449. The summed E-state index contributed by atoms with van der Waals surface area (Å²) < 4.78 is 5.22. The Morgan fingerprint density at radius 3 is 2.70 bits per heavy atom. The molecule has 5 heteroatoms. The summed E-state index contributed by atoms with van der Waals surface area (Å²) in [7, 11) is 1.64. The van der Waals surface area contributed by atoms with Crippen LogP contribution >= 0.6 is 12.4 Å². The van der Waals surface area contributed by atoms with E-state index in [0.29, 0.717) is 12.5 Å². The zero-order valence-corrected chi connectivity index (χ0v) is 13.1. The van der Waals surface area contributed by atoms with Crippen LogP contribution in [0.1, 0.15) is 13.8 Å². The fourth-order valence-electron chi connectivity index (χ4n) is 2.36. The number of anilines is 1. The molecule has 1 N–H and O–H groups in total. The first-order valence-corrected chi connectivity index (χ1v) is 6.83. The summed E-state index contributed by atoms with van der Waals surface area (Å²) in [6.07, 6.45) is 0. The topological polar surface area (TPSA) is 41.6 Å². The van der Waals surface area contributed by atoms with E-state index in [1.807, 2.05) is 43.0 Å². The van der Waals surface area contributed by atoms with E-state index in [1.165, 1.54) is 0 Å². The van der Waals surface area contributed by atoms with Crippen LogP contribution in [-0.4, -0.2) is 32.7 Å². The van der Waals surface area contributed by atoms with Crippen LogP contribution in [0.5, 0.6) is 5.75 Å². The molecule has 1 saturated heterocycles. The second-order valence-corrected chi connectivity index (χ2v) is 4.99. The Balaban J connectivity index is 0.00000200. The van der Waals surface area contributed by atoms with Crippen molar-refractivity contribution < 1.29 is 9.53 Å². The van der Waals surface area contributed by atoms with E-state index in [1.54, 1.807) is 7.11 Å². The summed E-state index contributed by atoms with van der Waals surface area (Å²) in [6.45, 7) is 6.60. The van der Waals surface area contributed by atoms with E-state index < -0.39 is 0 Å². The van der Waals surface area contributed by atoms with Gasteiger partial charge in [-0.25, -0.2) is 0 Å². The summed E-state index contributed by atoms with van der Waals surface area (Å²) in [4.78, 5) is 14.4. The first-order valence-electron chi connectivity index (χ1n) is 6.83. The van der Waals surface area contributed by atoms with Crippen molar-refractivity contribution in [3.05, 3.63) is 24.3 Å². The number of hydrogen-bond donors (Lipinski definition) is 1. The lowest BCUT2D eigenvalue weighted by molar-refractivity contribution is -0.124. The Morgan fingerprint density at radius 1 is 1.50 bits per heavy atom. The summed E-state index contributed by atoms with van der Waals surface area (Å²) in [5.41, 5.74) is 0.908. The molecule has 1 aromatic carbocycles. The van der Waals surface area contributed by atoms with Crippen LogP contribution in [0.4, 0.5) is 5.69 Å². The van der Waals surface area contributed by atoms with Gasteiger partial charge in [0.25, 0.3) is 0 Å². The molecule has 1 aromatic rings. The average Bonchev–Trinajstić information content (AvgIpc) is 2.37. The van der Waals surface area contributed by atoms with Crippen molar-refractivity contribution in [1.29, 1.82) is 0 Å². The fraction of sp³-hybridized carbons (Fsp3) is 0.533. The number of carbonyl (C=O) groups is 1. The van der Waals surface area contributed by atoms with Gasteiger partial charge in [0.15, 0.2) is 0 Å². The van der Waals surface area contributed by atoms with Gasteiger partial charge in [-0.2, -0.15) is 0 Å². The van der Waals surface area contributed by atoms with Crippen LogP contribution in [-0.2, 0) is 4.79 Å². The number of nitrogens with one attached hydrogen (secondary N) is 1. The SMILES string of the molecule is CCN(C(=O)C(C)C1CNC1)c1cccc(OC)c1.Cl. The molecule has 1 aliphatic rings. The van der Waals surface area contributed by atoms with Crippen molar-refractivity contribution in [3.63, 3.8) is 0 Å². The van der Waals surface area contributed by atoms with Gasteiger partial charge < -0.3 is 15.0 Å². The third-order valence-electron chi connectivity index (χ3n) is 3.86. The smallest absolute Gasteiger partial charge is 0.230 e. The zero-order valence-electron chi connectivity index (χ0n) is 12.3. The molecule has 4 nitrogen and oxygen atoms in total. The molecule has 1 atom stereocenters. The lowest BCUT2D eigenvalue weighted by atomic mass is 9.88. The molecule has 1 unspecified atom stereocenters. The quantitative estimate of drug-likeness (QED) is 0.907. The minimum absolute atomic E-state index is 0. The van der Waals surface area contributed by atoms with E-state index in [9.17, 15) is 4.79 Å². The molecule has 0 spiro atoms. The second kappa shape index (κ2) is 7.50. The van der Waals surface area contributed by atoms with Gasteiger partial charge in [0.1, 0.15) is 5.75 Å². The third kappa shape index (κ3) is 3.44. The molecule has 112 valence electrons. The van der Waals surface area contributed by atoms with Crippen molar-refractivity contribution >= 4 is 24.0 Å². The number of ether oxygens (including phenoxy) is 1. The van der Waals surface area contributed by atoms with E-state index in [0.717, 1.165) is 24.5 Å². The summed E-state index contributed by atoms with van der Waals surface area (Å²) >= 11 is 0. The fourth-order valence-corrected chi connectivity index (χ4v) is 2.36. The molecular weight excluding hydrogens is 276 g/mol. The molecule has 0 saturated carbocycles. The van der Waals surface area contributed by atoms with Crippen LogP contribution in [0.15, 0.2) is 24.3 Å². The third-order valence-corrected chi connectivity index (χ3v) is 3.86.